The zero-order valence-electron chi connectivity index (χ0n) is 12.4. The maximum absolute atomic E-state index is 12.8. The number of nitrogens with zero attached hydrogens (tertiary/aromatic N) is 2. The van der Waals surface area contributed by atoms with Gasteiger partial charge in [0.25, 0.3) is 5.56 Å². The van der Waals surface area contributed by atoms with E-state index in [-0.39, 0.29) is 6.54 Å². The minimum absolute atomic E-state index is 0.0584. The molecule has 0 N–H and O–H groups in total. The molecule has 0 fully saturated rings. The first kappa shape index (κ1) is 16.1. The first-order chi connectivity index (χ1) is 10.1. The van der Waals surface area contributed by atoms with Crippen molar-refractivity contribution in [1.29, 1.82) is 0 Å². The van der Waals surface area contributed by atoms with E-state index >= 15 is 0 Å². The fourth-order valence-corrected chi connectivity index (χ4v) is 2.23. The van der Waals surface area contributed by atoms with Crippen LogP contribution in [0.5, 0.6) is 0 Å². The van der Waals surface area contributed by atoms with Crippen LogP contribution in [-0.2, 0) is 19.8 Å². The smallest absolute Gasteiger partial charge is 0.292 e. The lowest BCUT2D eigenvalue weighted by molar-refractivity contribution is -0.144. The molecule has 1 heterocycles. The average Bonchev–Trinajstić information content (AvgIpc) is 2.41. The molecule has 0 unspecified atom stereocenters. The van der Waals surface area contributed by atoms with Crippen molar-refractivity contribution in [3.63, 3.8) is 0 Å². The van der Waals surface area contributed by atoms with Crippen LogP contribution in [0.25, 0.3) is 0 Å². The van der Waals surface area contributed by atoms with Crippen LogP contribution in [0.2, 0.25) is 0 Å². The number of aryl methyl sites for hydroxylation is 2. The molecular formula is C15H15F3N2O2. The van der Waals surface area contributed by atoms with E-state index < -0.39 is 23.1 Å². The lowest BCUT2D eigenvalue weighted by Crippen LogP contribution is -2.42. The van der Waals surface area contributed by atoms with Crippen LogP contribution in [0.1, 0.15) is 22.4 Å². The predicted molar refractivity (Wildman–Crippen MR) is 76.0 cm³/mol. The Hall–Kier alpha value is -2.31. The third kappa shape index (κ3) is 2.98. The summed E-state index contributed by atoms with van der Waals surface area (Å²) in [6.45, 7) is 3.61. The van der Waals surface area contributed by atoms with Crippen LogP contribution < -0.4 is 11.2 Å². The Morgan fingerprint density at radius 3 is 2.32 bits per heavy atom. The molecule has 0 atom stereocenters. The third-order valence-corrected chi connectivity index (χ3v) is 3.53. The fraction of sp³-hybridized carbons (Fsp3) is 0.333. The first-order valence-corrected chi connectivity index (χ1v) is 6.55. The minimum Gasteiger partial charge on any atom is -0.292 e. The second-order valence-corrected chi connectivity index (χ2v) is 5.22. The summed E-state index contributed by atoms with van der Waals surface area (Å²) in [6, 6.07) is 5.97. The maximum atomic E-state index is 12.8. The maximum Gasteiger partial charge on any atom is 0.431 e. The van der Waals surface area contributed by atoms with Gasteiger partial charge in [-0.25, -0.2) is 4.79 Å². The Labute approximate surface area is 124 Å². The molecule has 0 aliphatic rings. The Morgan fingerprint density at radius 1 is 1.09 bits per heavy atom. The molecule has 1 aromatic heterocycles. The summed E-state index contributed by atoms with van der Waals surface area (Å²) in [5.41, 5.74) is -0.674. The van der Waals surface area contributed by atoms with Gasteiger partial charge in [0.05, 0.1) is 6.54 Å². The molecule has 7 heteroatoms. The molecule has 0 radical (unpaired) electrons. The van der Waals surface area contributed by atoms with Crippen LogP contribution in [-0.4, -0.2) is 9.13 Å². The van der Waals surface area contributed by atoms with Gasteiger partial charge in [0.2, 0.25) is 0 Å². The van der Waals surface area contributed by atoms with Crippen molar-refractivity contribution < 1.29 is 13.2 Å². The summed E-state index contributed by atoms with van der Waals surface area (Å²) in [5.74, 6) is 0. The van der Waals surface area contributed by atoms with Crippen molar-refractivity contribution in [3.05, 3.63) is 67.5 Å². The number of benzene rings is 1. The highest BCUT2D eigenvalue weighted by atomic mass is 19.4. The molecule has 4 nitrogen and oxygen atoms in total. The number of alkyl halides is 3. The molecule has 2 rings (SSSR count). The summed E-state index contributed by atoms with van der Waals surface area (Å²) < 4.78 is 39.6. The van der Waals surface area contributed by atoms with E-state index in [0.717, 1.165) is 28.3 Å². The summed E-state index contributed by atoms with van der Waals surface area (Å²) in [7, 11) is 1.00. The van der Waals surface area contributed by atoms with Gasteiger partial charge in [0.1, 0.15) is 5.69 Å². The average molecular weight is 312 g/mol. The van der Waals surface area contributed by atoms with Gasteiger partial charge in [-0.2, -0.15) is 13.2 Å². The molecule has 0 saturated heterocycles. The quantitative estimate of drug-likeness (QED) is 0.853. The van der Waals surface area contributed by atoms with Gasteiger partial charge in [-0.1, -0.05) is 23.8 Å². The predicted octanol–water partition coefficient (Wildman–Crippen LogP) is 2.23. The summed E-state index contributed by atoms with van der Waals surface area (Å²) >= 11 is 0. The summed E-state index contributed by atoms with van der Waals surface area (Å²) in [6.07, 6.45) is -4.74. The van der Waals surface area contributed by atoms with Crippen molar-refractivity contribution in [2.75, 3.05) is 0 Å². The summed E-state index contributed by atoms with van der Waals surface area (Å²) in [4.78, 5) is 24.0. The SMILES string of the molecule is Cc1ccc(C)c(Cn2c(=O)cc(C(F)(F)F)n(C)c2=O)c1. The van der Waals surface area contributed by atoms with E-state index in [2.05, 4.69) is 0 Å². The molecule has 22 heavy (non-hydrogen) atoms. The number of halogens is 3. The standard InChI is InChI=1S/C15H15F3N2O2/c1-9-4-5-10(2)11(6-9)8-20-13(21)7-12(15(16,17)18)19(3)14(20)22/h4-7H,8H2,1-3H3. The number of hydrogen-bond acceptors (Lipinski definition) is 2. The second kappa shape index (κ2) is 5.47. The molecule has 0 saturated carbocycles. The van der Waals surface area contributed by atoms with Gasteiger partial charge >= 0.3 is 11.9 Å². The van der Waals surface area contributed by atoms with Gasteiger partial charge in [0, 0.05) is 13.1 Å². The van der Waals surface area contributed by atoms with Crippen molar-refractivity contribution in [1.82, 2.24) is 9.13 Å². The Balaban J connectivity index is 2.59. The van der Waals surface area contributed by atoms with Gasteiger partial charge in [-0.15, -0.1) is 0 Å². The van der Waals surface area contributed by atoms with Crippen LogP contribution in [0, 0.1) is 13.8 Å². The largest absolute Gasteiger partial charge is 0.431 e. The Bertz CT molecular complexity index is 832. The van der Waals surface area contributed by atoms with E-state index in [4.69, 9.17) is 0 Å². The van der Waals surface area contributed by atoms with E-state index in [1.54, 1.807) is 6.07 Å². The fourth-order valence-electron chi connectivity index (χ4n) is 2.23. The zero-order valence-corrected chi connectivity index (χ0v) is 12.4. The van der Waals surface area contributed by atoms with Crippen LogP contribution >= 0.6 is 0 Å². The molecule has 0 aliphatic heterocycles. The minimum atomic E-state index is -4.74. The second-order valence-electron chi connectivity index (χ2n) is 5.22. The molecular weight excluding hydrogens is 297 g/mol. The highest BCUT2D eigenvalue weighted by Gasteiger charge is 2.34. The molecule has 0 aliphatic carbocycles. The van der Waals surface area contributed by atoms with E-state index in [0.29, 0.717) is 10.6 Å². The number of aromatic nitrogens is 2. The lowest BCUT2D eigenvalue weighted by Gasteiger charge is -2.14. The van der Waals surface area contributed by atoms with Gasteiger partial charge in [0.15, 0.2) is 0 Å². The Kier molecular flexibility index (Phi) is 4.00. The van der Waals surface area contributed by atoms with Gasteiger partial charge in [-0.3, -0.25) is 13.9 Å². The van der Waals surface area contributed by atoms with Gasteiger partial charge < -0.3 is 0 Å². The van der Waals surface area contributed by atoms with Crippen molar-refractivity contribution in [3.8, 4) is 0 Å². The molecule has 2 aromatic rings. The van der Waals surface area contributed by atoms with E-state index in [1.165, 1.54) is 0 Å². The highest BCUT2D eigenvalue weighted by Crippen LogP contribution is 2.26. The molecule has 0 amide bonds. The third-order valence-electron chi connectivity index (χ3n) is 3.53. The van der Waals surface area contributed by atoms with E-state index in [9.17, 15) is 22.8 Å². The first-order valence-electron chi connectivity index (χ1n) is 6.55. The normalized spacial score (nSPS) is 11.7. The van der Waals surface area contributed by atoms with Crippen molar-refractivity contribution >= 4 is 0 Å². The topological polar surface area (TPSA) is 44.0 Å². The zero-order chi connectivity index (χ0) is 16.7. The molecule has 118 valence electrons. The Morgan fingerprint density at radius 2 is 1.73 bits per heavy atom. The number of hydrogen-bond donors (Lipinski definition) is 0. The van der Waals surface area contributed by atoms with Crippen LogP contribution in [0.3, 0.4) is 0 Å². The molecule has 0 bridgehead atoms. The molecule has 0 spiro atoms. The number of rotatable bonds is 2. The summed E-state index contributed by atoms with van der Waals surface area (Å²) in [5, 5.41) is 0. The van der Waals surface area contributed by atoms with Crippen molar-refractivity contribution in [2.45, 2.75) is 26.6 Å². The van der Waals surface area contributed by atoms with Crippen LogP contribution in [0.4, 0.5) is 13.2 Å². The van der Waals surface area contributed by atoms with Gasteiger partial charge in [-0.05, 0) is 25.0 Å². The molecule has 1 aromatic carbocycles. The monoisotopic (exact) mass is 312 g/mol. The highest BCUT2D eigenvalue weighted by molar-refractivity contribution is 5.30. The van der Waals surface area contributed by atoms with E-state index in [1.807, 2.05) is 26.0 Å². The lowest BCUT2D eigenvalue weighted by atomic mass is 10.1. The van der Waals surface area contributed by atoms with Crippen molar-refractivity contribution in [2.24, 2.45) is 7.05 Å². The van der Waals surface area contributed by atoms with Crippen LogP contribution in [0.15, 0.2) is 33.9 Å².